The molecule has 0 aromatic rings. The maximum atomic E-state index is 11.0. The van der Waals surface area contributed by atoms with E-state index in [0.29, 0.717) is 13.2 Å². The lowest BCUT2D eigenvalue weighted by atomic mass is 10.0. The first-order valence-corrected chi connectivity index (χ1v) is 6.75. The van der Waals surface area contributed by atoms with E-state index in [4.69, 9.17) is 9.47 Å². The minimum absolute atomic E-state index is 0.0918. The third-order valence-corrected chi connectivity index (χ3v) is 3.88. The maximum Gasteiger partial charge on any atom is 0.332 e. The molecular formula is C13H23NO3. The van der Waals surface area contributed by atoms with Crippen molar-refractivity contribution in [2.45, 2.75) is 26.2 Å². The molecule has 2 unspecified atom stereocenters. The van der Waals surface area contributed by atoms with E-state index < -0.39 is 0 Å². The molecule has 0 aromatic heterocycles. The van der Waals surface area contributed by atoms with Gasteiger partial charge in [0, 0.05) is 19.6 Å². The van der Waals surface area contributed by atoms with E-state index in [-0.39, 0.29) is 12.6 Å². The molecule has 17 heavy (non-hydrogen) atoms. The Morgan fingerprint density at radius 1 is 1.29 bits per heavy atom. The van der Waals surface area contributed by atoms with Crippen LogP contribution in [0.4, 0.5) is 0 Å². The fraction of sp³-hybridized carbons (Fsp3) is 0.923. The molecule has 0 spiro atoms. The lowest BCUT2D eigenvalue weighted by Crippen LogP contribution is -2.27. The summed E-state index contributed by atoms with van der Waals surface area (Å²) < 4.78 is 10.1. The molecular weight excluding hydrogens is 218 g/mol. The number of ether oxygens (including phenoxy) is 2. The molecule has 1 aliphatic carbocycles. The highest BCUT2D eigenvalue weighted by atomic mass is 16.6. The van der Waals surface area contributed by atoms with Crippen LogP contribution in [-0.2, 0) is 14.3 Å². The van der Waals surface area contributed by atoms with Gasteiger partial charge in [-0.05, 0) is 31.6 Å². The lowest BCUT2D eigenvalue weighted by Gasteiger charge is -2.16. The van der Waals surface area contributed by atoms with Crippen molar-refractivity contribution in [1.29, 1.82) is 0 Å². The first-order chi connectivity index (χ1) is 8.29. The van der Waals surface area contributed by atoms with Gasteiger partial charge in [0.1, 0.15) is 6.61 Å². The second kappa shape index (κ2) is 6.36. The van der Waals surface area contributed by atoms with Gasteiger partial charge in [-0.1, -0.05) is 6.42 Å². The van der Waals surface area contributed by atoms with Gasteiger partial charge in [-0.15, -0.1) is 0 Å². The SMILES string of the molecule is CCOC(=O)COCCN1CC2CCCC2C1. The Morgan fingerprint density at radius 2 is 2.00 bits per heavy atom. The highest BCUT2D eigenvalue weighted by Crippen LogP contribution is 2.37. The van der Waals surface area contributed by atoms with Crippen LogP contribution >= 0.6 is 0 Å². The van der Waals surface area contributed by atoms with Crippen molar-refractivity contribution >= 4 is 5.97 Å². The predicted molar refractivity (Wildman–Crippen MR) is 64.7 cm³/mol. The fourth-order valence-electron chi connectivity index (χ4n) is 3.07. The summed E-state index contributed by atoms with van der Waals surface area (Å²) in [6, 6.07) is 0. The molecule has 0 bridgehead atoms. The van der Waals surface area contributed by atoms with E-state index in [1.54, 1.807) is 6.92 Å². The van der Waals surface area contributed by atoms with Crippen LogP contribution in [0.2, 0.25) is 0 Å². The molecule has 2 atom stereocenters. The first-order valence-electron chi connectivity index (χ1n) is 6.75. The Morgan fingerprint density at radius 3 is 2.65 bits per heavy atom. The molecule has 98 valence electrons. The van der Waals surface area contributed by atoms with Gasteiger partial charge in [0.05, 0.1) is 13.2 Å². The zero-order valence-corrected chi connectivity index (χ0v) is 10.7. The van der Waals surface area contributed by atoms with E-state index in [9.17, 15) is 4.79 Å². The van der Waals surface area contributed by atoms with Gasteiger partial charge >= 0.3 is 5.97 Å². The highest BCUT2D eigenvalue weighted by molar-refractivity contribution is 5.70. The second-order valence-corrected chi connectivity index (χ2v) is 5.07. The zero-order chi connectivity index (χ0) is 12.1. The first kappa shape index (κ1) is 12.8. The molecule has 0 amide bonds. The van der Waals surface area contributed by atoms with Crippen LogP contribution < -0.4 is 0 Å². The summed E-state index contributed by atoms with van der Waals surface area (Å²) in [7, 11) is 0. The number of fused-ring (bicyclic) bond motifs is 1. The Kier molecular flexibility index (Phi) is 4.80. The largest absolute Gasteiger partial charge is 0.464 e. The standard InChI is InChI=1S/C13H23NO3/c1-2-17-13(15)10-16-7-6-14-8-11-4-3-5-12(11)9-14/h11-12H,2-10H2,1H3. The number of likely N-dealkylation sites (tertiary alicyclic amines) is 1. The number of esters is 1. The summed E-state index contributed by atoms with van der Waals surface area (Å²) in [6.07, 6.45) is 4.23. The smallest absolute Gasteiger partial charge is 0.332 e. The van der Waals surface area contributed by atoms with Gasteiger partial charge in [0.25, 0.3) is 0 Å². The van der Waals surface area contributed by atoms with Crippen molar-refractivity contribution in [3.63, 3.8) is 0 Å². The van der Waals surface area contributed by atoms with E-state index in [1.165, 1.54) is 32.4 Å². The van der Waals surface area contributed by atoms with Crippen molar-refractivity contribution in [3.8, 4) is 0 Å². The maximum absolute atomic E-state index is 11.0. The molecule has 1 heterocycles. The number of nitrogens with zero attached hydrogens (tertiary/aromatic N) is 1. The van der Waals surface area contributed by atoms with E-state index in [1.807, 2.05) is 0 Å². The number of carbonyl (C=O) groups is 1. The highest BCUT2D eigenvalue weighted by Gasteiger charge is 2.35. The average Bonchev–Trinajstić information content (AvgIpc) is 2.85. The quantitative estimate of drug-likeness (QED) is 0.519. The monoisotopic (exact) mass is 241 g/mol. The molecule has 2 aliphatic rings. The molecule has 2 fully saturated rings. The number of carbonyl (C=O) groups excluding carboxylic acids is 1. The minimum Gasteiger partial charge on any atom is -0.464 e. The molecule has 4 heteroatoms. The molecule has 1 saturated heterocycles. The van der Waals surface area contributed by atoms with Crippen LogP contribution in [0, 0.1) is 11.8 Å². The predicted octanol–water partition coefficient (Wildman–Crippen LogP) is 1.30. The summed E-state index contributed by atoms with van der Waals surface area (Å²) in [5, 5.41) is 0. The van der Waals surface area contributed by atoms with Gasteiger partial charge in [0.2, 0.25) is 0 Å². The Hall–Kier alpha value is -0.610. The summed E-state index contributed by atoms with van der Waals surface area (Å²) in [4.78, 5) is 13.5. The van der Waals surface area contributed by atoms with E-state index >= 15 is 0 Å². The molecule has 4 nitrogen and oxygen atoms in total. The second-order valence-electron chi connectivity index (χ2n) is 5.07. The van der Waals surface area contributed by atoms with Gasteiger partial charge in [-0.25, -0.2) is 4.79 Å². The lowest BCUT2D eigenvalue weighted by molar-refractivity contribution is -0.148. The summed E-state index contributed by atoms with van der Waals surface area (Å²) in [5.74, 6) is 1.60. The van der Waals surface area contributed by atoms with Crippen molar-refractivity contribution in [2.75, 3.05) is 39.5 Å². The van der Waals surface area contributed by atoms with Crippen LogP contribution in [0.3, 0.4) is 0 Å². The van der Waals surface area contributed by atoms with Crippen LogP contribution in [0.5, 0.6) is 0 Å². The average molecular weight is 241 g/mol. The topological polar surface area (TPSA) is 38.8 Å². The van der Waals surface area contributed by atoms with Crippen molar-refractivity contribution in [1.82, 2.24) is 4.90 Å². The van der Waals surface area contributed by atoms with Crippen molar-refractivity contribution in [3.05, 3.63) is 0 Å². The summed E-state index contributed by atoms with van der Waals surface area (Å²) >= 11 is 0. The zero-order valence-electron chi connectivity index (χ0n) is 10.7. The van der Waals surface area contributed by atoms with E-state index in [2.05, 4.69) is 4.90 Å². The van der Waals surface area contributed by atoms with Gasteiger partial charge in [0.15, 0.2) is 0 Å². The normalized spacial score (nSPS) is 28.3. The van der Waals surface area contributed by atoms with Crippen LogP contribution in [0.15, 0.2) is 0 Å². The molecule has 0 radical (unpaired) electrons. The van der Waals surface area contributed by atoms with E-state index in [0.717, 1.165) is 18.4 Å². The third kappa shape index (κ3) is 3.68. The van der Waals surface area contributed by atoms with Gasteiger partial charge in [-0.3, -0.25) is 0 Å². The van der Waals surface area contributed by atoms with Crippen LogP contribution in [0.25, 0.3) is 0 Å². The Balaban J connectivity index is 1.53. The molecule has 0 aromatic carbocycles. The molecule has 0 N–H and O–H groups in total. The number of rotatable bonds is 6. The molecule has 1 saturated carbocycles. The number of hydrogen-bond acceptors (Lipinski definition) is 4. The van der Waals surface area contributed by atoms with Gasteiger partial charge in [-0.2, -0.15) is 0 Å². The third-order valence-electron chi connectivity index (χ3n) is 3.88. The van der Waals surface area contributed by atoms with Crippen LogP contribution in [0.1, 0.15) is 26.2 Å². The molecule has 1 aliphatic heterocycles. The summed E-state index contributed by atoms with van der Waals surface area (Å²) in [6.45, 7) is 6.37. The minimum atomic E-state index is -0.259. The Bertz CT molecular complexity index is 245. The Labute approximate surface area is 103 Å². The summed E-state index contributed by atoms with van der Waals surface area (Å²) in [5.41, 5.74) is 0. The van der Waals surface area contributed by atoms with Crippen molar-refractivity contribution in [2.24, 2.45) is 11.8 Å². The van der Waals surface area contributed by atoms with Gasteiger partial charge < -0.3 is 14.4 Å². The number of hydrogen-bond donors (Lipinski definition) is 0. The fourth-order valence-corrected chi connectivity index (χ4v) is 3.07. The van der Waals surface area contributed by atoms with Crippen LogP contribution in [-0.4, -0.2) is 50.3 Å². The van der Waals surface area contributed by atoms with Crippen molar-refractivity contribution < 1.29 is 14.3 Å². The molecule has 2 rings (SSSR count).